The summed E-state index contributed by atoms with van der Waals surface area (Å²) in [5.41, 5.74) is -0.444. The second-order valence-corrected chi connectivity index (χ2v) is 6.16. The van der Waals surface area contributed by atoms with E-state index < -0.39 is 30.1 Å². The maximum Gasteiger partial charge on any atom is 0.416 e. The van der Waals surface area contributed by atoms with Crippen LogP contribution >= 0.6 is 0 Å². The summed E-state index contributed by atoms with van der Waals surface area (Å²) < 4.78 is 57.7. The number of hydrogen-bond donors (Lipinski definition) is 0. The Balaban J connectivity index is 2.13. The van der Waals surface area contributed by atoms with Gasteiger partial charge in [-0.15, -0.1) is 0 Å². The van der Waals surface area contributed by atoms with Gasteiger partial charge in [0.25, 0.3) is 0 Å². The van der Waals surface area contributed by atoms with Crippen molar-refractivity contribution in [3.8, 4) is 0 Å². The molecule has 0 bridgehead atoms. The molecule has 0 aliphatic carbocycles. The van der Waals surface area contributed by atoms with Crippen LogP contribution in [0.15, 0.2) is 41.4 Å². The number of benzene rings is 2. The Kier molecular flexibility index (Phi) is 6.77. The Morgan fingerprint density at radius 1 is 1.25 bits per heavy atom. The Morgan fingerprint density at radius 2 is 1.96 bits per heavy atom. The van der Waals surface area contributed by atoms with Gasteiger partial charge in [-0.25, -0.2) is 14.2 Å². The van der Waals surface area contributed by atoms with E-state index in [0.29, 0.717) is 5.69 Å². The second kappa shape index (κ2) is 8.86. The predicted octanol–water partition coefficient (Wildman–Crippen LogP) is 5.12. The maximum absolute atomic E-state index is 14.5. The normalized spacial score (nSPS) is 11.7. The van der Waals surface area contributed by atoms with Crippen molar-refractivity contribution >= 4 is 18.0 Å². The van der Waals surface area contributed by atoms with Crippen molar-refractivity contribution in [1.29, 1.82) is 0 Å². The van der Waals surface area contributed by atoms with E-state index in [1.54, 1.807) is 11.2 Å². The number of hydrogen-bond acceptors (Lipinski definition) is 3. The fraction of sp³-hybridized carbons (Fsp3) is 0.300. The van der Waals surface area contributed by atoms with Crippen molar-refractivity contribution in [3.05, 3.63) is 64.5 Å². The Hall–Kier alpha value is -2.90. The number of esters is 1. The molecular weight excluding hydrogens is 376 g/mol. The summed E-state index contributed by atoms with van der Waals surface area (Å²) in [5.74, 6) is -1.73. The van der Waals surface area contributed by atoms with Gasteiger partial charge in [-0.3, -0.25) is 0 Å². The number of carbonyl (C=O) groups is 1. The minimum Gasteiger partial charge on any atom is -0.457 e. The van der Waals surface area contributed by atoms with Crippen molar-refractivity contribution in [2.75, 3.05) is 13.6 Å². The number of carbonyl (C=O) groups excluding carboxylic acids is 1. The fourth-order valence-electron chi connectivity index (χ4n) is 2.28. The molecule has 0 aliphatic heterocycles. The van der Waals surface area contributed by atoms with Gasteiger partial charge in [0, 0.05) is 19.2 Å². The second-order valence-electron chi connectivity index (χ2n) is 6.16. The molecule has 0 aromatic heterocycles. The number of aliphatic imine (C=N–C) groups is 1. The van der Waals surface area contributed by atoms with Crippen LogP contribution in [-0.4, -0.2) is 30.8 Å². The van der Waals surface area contributed by atoms with Crippen LogP contribution in [0.3, 0.4) is 0 Å². The molecule has 0 N–H and O–H groups in total. The molecule has 0 aliphatic rings. The van der Waals surface area contributed by atoms with Crippen LogP contribution in [0.25, 0.3) is 0 Å². The zero-order valence-electron chi connectivity index (χ0n) is 15.7. The molecule has 0 fully saturated rings. The monoisotopic (exact) mass is 396 g/mol. The molecule has 4 nitrogen and oxygen atoms in total. The molecule has 2 rings (SSSR count). The lowest BCUT2D eigenvalue weighted by Gasteiger charge is -2.11. The van der Waals surface area contributed by atoms with E-state index in [1.165, 1.54) is 31.2 Å². The minimum atomic E-state index is -4.49. The summed E-state index contributed by atoms with van der Waals surface area (Å²) in [5, 5.41) is 0. The zero-order valence-corrected chi connectivity index (χ0v) is 15.7. The van der Waals surface area contributed by atoms with Crippen LogP contribution in [0.1, 0.15) is 34.0 Å². The van der Waals surface area contributed by atoms with E-state index in [4.69, 9.17) is 4.74 Å². The molecule has 0 saturated heterocycles. The quantitative estimate of drug-likeness (QED) is 0.295. The van der Waals surface area contributed by atoms with E-state index in [9.17, 15) is 22.4 Å². The number of halogens is 4. The van der Waals surface area contributed by atoms with Crippen molar-refractivity contribution in [2.24, 2.45) is 4.99 Å². The van der Waals surface area contributed by atoms with E-state index in [2.05, 4.69) is 4.99 Å². The van der Waals surface area contributed by atoms with E-state index in [0.717, 1.165) is 18.7 Å². The third-order valence-corrected chi connectivity index (χ3v) is 4.09. The Bertz CT molecular complexity index is 879. The van der Waals surface area contributed by atoms with E-state index >= 15 is 0 Å². The van der Waals surface area contributed by atoms with Gasteiger partial charge in [0.15, 0.2) is 0 Å². The first-order valence-corrected chi connectivity index (χ1v) is 8.50. The lowest BCUT2D eigenvalue weighted by Crippen LogP contribution is -2.14. The van der Waals surface area contributed by atoms with Gasteiger partial charge in [0.05, 0.1) is 23.2 Å². The van der Waals surface area contributed by atoms with Crippen molar-refractivity contribution in [2.45, 2.75) is 26.6 Å². The standard InChI is InChI=1S/C20H20F4N2O2/c1-4-26(3)12-25-17-9-8-16(18(21)13(17)2)19(27)28-11-14-6-5-7-15(10-14)20(22,23)24/h5-10,12H,4,11H2,1-3H3. The van der Waals surface area contributed by atoms with Crippen LogP contribution < -0.4 is 0 Å². The van der Waals surface area contributed by atoms with Gasteiger partial charge in [0.2, 0.25) is 0 Å². The third kappa shape index (κ3) is 5.31. The summed E-state index contributed by atoms with van der Waals surface area (Å²) in [4.78, 5) is 18.1. The average molecular weight is 396 g/mol. The van der Waals surface area contributed by atoms with Gasteiger partial charge in [-0.2, -0.15) is 13.2 Å². The molecule has 0 radical (unpaired) electrons. The molecule has 0 atom stereocenters. The molecule has 150 valence electrons. The SMILES string of the molecule is CCN(C)C=Nc1ccc(C(=O)OCc2cccc(C(F)(F)F)c2)c(F)c1C. The van der Waals surface area contributed by atoms with Crippen LogP contribution in [0, 0.1) is 12.7 Å². The van der Waals surface area contributed by atoms with E-state index in [1.807, 2.05) is 14.0 Å². The first-order chi connectivity index (χ1) is 13.1. The molecule has 0 saturated carbocycles. The number of ether oxygens (including phenoxy) is 1. The number of nitrogens with zero attached hydrogens (tertiary/aromatic N) is 2. The lowest BCUT2D eigenvalue weighted by atomic mass is 10.1. The summed E-state index contributed by atoms with van der Waals surface area (Å²) in [6.07, 6.45) is -2.95. The van der Waals surface area contributed by atoms with Crippen LogP contribution in [0.5, 0.6) is 0 Å². The minimum absolute atomic E-state index is 0.157. The summed E-state index contributed by atoms with van der Waals surface area (Å²) in [6.45, 7) is 3.74. The predicted molar refractivity (Wildman–Crippen MR) is 98.2 cm³/mol. The molecule has 28 heavy (non-hydrogen) atoms. The zero-order chi connectivity index (χ0) is 20.9. The molecule has 8 heteroatoms. The van der Waals surface area contributed by atoms with Crippen molar-refractivity contribution < 1.29 is 27.1 Å². The third-order valence-electron chi connectivity index (χ3n) is 4.09. The number of rotatable bonds is 6. The van der Waals surface area contributed by atoms with Gasteiger partial charge >= 0.3 is 12.1 Å². The van der Waals surface area contributed by atoms with Crippen LogP contribution in [0.2, 0.25) is 0 Å². The molecule has 0 unspecified atom stereocenters. The average Bonchev–Trinajstić information content (AvgIpc) is 2.66. The molecule has 0 heterocycles. The van der Waals surface area contributed by atoms with Crippen LogP contribution in [-0.2, 0) is 17.5 Å². The first kappa shape index (κ1) is 21.4. The Labute approximate surface area is 160 Å². The fourth-order valence-corrected chi connectivity index (χ4v) is 2.28. The topological polar surface area (TPSA) is 41.9 Å². The highest BCUT2D eigenvalue weighted by molar-refractivity contribution is 5.90. The lowest BCUT2D eigenvalue weighted by molar-refractivity contribution is -0.137. The van der Waals surface area contributed by atoms with Gasteiger partial charge in [-0.05, 0) is 43.7 Å². The smallest absolute Gasteiger partial charge is 0.416 e. The first-order valence-electron chi connectivity index (χ1n) is 8.50. The molecule has 2 aromatic carbocycles. The highest BCUT2D eigenvalue weighted by atomic mass is 19.4. The molecule has 0 spiro atoms. The number of alkyl halides is 3. The highest BCUT2D eigenvalue weighted by Crippen LogP contribution is 2.30. The Morgan fingerprint density at radius 3 is 2.61 bits per heavy atom. The largest absolute Gasteiger partial charge is 0.457 e. The maximum atomic E-state index is 14.5. The van der Waals surface area contributed by atoms with Crippen molar-refractivity contribution in [1.82, 2.24) is 4.90 Å². The molecular formula is C20H20F4N2O2. The van der Waals surface area contributed by atoms with Crippen molar-refractivity contribution in [3.63, 3.8) is 0 Å². The molecule has 2 aromatic rings. The summed E-state index contributed by atoms with van der Waals surface area (Å²) in [7, 11) is 1.81. The van der Waals surface area contributed by atoms with Gasteiger partial charge in [-0.1, -0.05) is 12.1 Å². The summed E-state index contributed by atoms with van der Waals surface area (Å²) in [6, 6.07) is 7.15. The van der Waals surface area contributed by atoms with E-state index in [-0.39, 0.29) is 16.7 Å². The highest BCUT2D eigenvalue weighted by Gasteiger charge is 2.30. The van der Waals surface area contributed by atoms with Crippen LogP contribution in [0.4, 0.5) is 23.2 Å². The van der Waals surface area contributed by atoms with Gasteiger partial charge in [0.1, 0.15) is 12.4 Å². The summed E-state index contributed by atoms with van der Waals surface area (Å²) >= 11 is 0. The van der Waals surface area contributed by atoms with Gasteiger partial charge < -0.3 is 9.64 Å². The molecule has 0 amide bonds.